The molecule has 0 atom stereocenters. The van der Waals surface area contributed by atoms with Gasteiger partial charge in [0.2, 0.25) is 0 Å². The Labute approximate surface area is 119 Å². The Balaban J connectivity index is 0.00000128. The summed E-state index contributed by atoms with van der Waals surface area (Å²) in [5.74, 6) is 1.85. The molecule has 0 bridgehead atoms. The molecule has 0 aromatic heterocycles. The molecular weight excluding hydrogens is 207 g/mol. The first-order valence-corrected chi connectivity index (χ1v) is 5.06. The number of hydrogen-bond donors (Lipinski definition) is 0. The molecule has 0 aliphatic carbocycles. The molecule has 0 unspecified atom stereocenters. The van der Waals surface area contributed by atoms with Gasteiger partial charge in [0, 0.05) is 29.6 Å². The molecule has 2 aromatic rings. The maximum Gasteiger partial charge on any atom is 0.130 e. The Bertz CT molecular complexity index is 422. The first-order valence-electron chi connectivity index (χ1n) is 5.06. The zero-order valence-corrected chi connectivity index (χ0v) is 12.0. The van der Waals surface area contributed by atoms with Crippen molar-refractivity contribution in [3.8, 4) is 11.5 Å². The van der Waals surface area contributed by atoms with Crippen molar-refractivity contribution in [2.75, 3.05) is 0 Å². The molecule has 0 aliphatic rings. The summed E-state index contributed by atoms with van der Waals surface area (Å²) >= 11 is 0. The summed E-state index contributed by atoms with van der Waals surface area (Å²) < 4.78 is 5.84. The third-order valence-corrected chi connectivity index (χ3v) is 2.41. The van der Waals surface area contributed by atoms with Crippen LogP contribution in [0, 0.1) is 13.8 Å². The third-order valence-electron chi connectivity index (χ3n) is 2.41. The van der Waals surface area contributed by atoms with Gasteiger partial charge < -0.3 is 4.74 Å². The summed E-state index contributed by atoms with van der Waals surface area (Å²) in [6, 6.07) is 16.1. The van der Waals surface area contributed by atoms with Gasteiger partial charge >= 0.3 is 0 Å². The second-order valence-corrected chi connectivity index (χ2v) is 3.63. The smallest absolute Gasteiger partial charge is 0.130 e. The molecule has 0 aliphatic heterocycles. The summed E-state index contributed by atoms with van der Waals surface area (Å²) in [6.07, 6.45) is 0. The SMILES string of the molecule is Cc1ccccc1Oc1ccccc1C.[Na]. The Hall–Kier alpha value is -0.760. The van der Waals surface area contributed by atoms with Crippen molar-refractivity contribution in [3.05, 3.63) is 59.7 Å². The van der Waals surface area contributed by atoms with Gasteiger partial charge in [-0.3, -0.25) is 0 Å². The van der Waals surface area contributed by atoms with Crippen LogP contribution in [0.3, 0.4) is 0 Å². The van der Waals surface area contributed by atoms with Crippen LogP contribution in [-0.4, -0.2) is 29.6 Å². The van der Waals surface area contributed by atoms with Gasteiger partial charge in [-0.25, -0.2) is 0 Å². The van der Waals surface area contributed by atoms with E-state index in [0.29, 0.717) is 0 Å². The van der Waals surface area contributed by atoms with Gasteiger partial charge in [0.05, 0.1) is 0 Å². The van der Waals surface area contributed by atoms with E-state index in [1.165, 1.54) is 0 Å². The maximum atomic E-state index is 5.84. The fourth-order valence-corrected chi connectivity index (χ4v) is 1.46. The van der Waals surface area contributed by atoms with Gasteiger partial charge in [-0.1, -0.05) is 36.4 Å². The Morgan fingerprint density at radius 1 is 0.688 bits per heavy atom. The quantitative estimate of drug-likeness (QED) is 0.702. The molecule has 0 saturated heterocycles. The molecular formula is C14H14NaO. The van der Waals surface area contributed by atoms with Gasteiger partial charge in [-0.05, 0) is 37.1 Å². The molecule has 1 nitrogen and oxygen atoms in total. The fraction of sp³-hybridized carbons (Fsp3) is 0.143. The van der Waals surface area contributed by atoms with E-state index in [4.69, 9.17) is 4.74 Å². The molecule has 0 N–H and O–H groups in total. The molecule has 0 fully saturated rings. The van der Waals surface area contributed by atoms with Crippen LogP contribution in [0.5, 0.6) is 11.5 Å². The van der Waals surface area contributed by atoms with Crippen LogP contribution in [0.15, 0.2) is 48.5 Å². The first-order chi connectivity index (χ1) is 7.27. The summed E-state index contributed by atoms with van der Waals surface area (Å²) in [6.45, 7) is 4.10. The number of benzene rings is 2. The molecule has 1 radical (unpaired) electrons. The number of rotatable bonds is 2. The predicted octanol–water partition coefficient (Wildman–Crippen LogP) is 3.71. The minimum atomic E-state index is 0. The summed E-state index contributed by atoms with van der Waals surface area (Å²) in [5, 5.41) is 0. The van der Waals surface area contributed by atoms with Crippen LogP contribution >= 0.6 is 0 Å². The van der Waals surface area contributed by atoms with Crippen molar-refractivity contribution >= 4 is 29.6 Å². The van der Waals surface area contributed by atoms with Gasteiger partial charge in [0.25, 0.3) is 0 Å². The summed E-state index contributed by atoms with van der Waals surface area (Å²) in [7, 11) is 0. The molecule has 2 aromatic carbocycles. The molecule has 77 valence electrons. The van der Waals surface area contributed by atoms with E-state index in [-0.39, 0.29) is 29.6 Å². The van der Waals surface area contributed by atoms with Crippen molar-refractivity contribution in [2.24, 2.45) is 0 Å². The van der Waals surface area contributed by atoms with Crippen molar-refractivity contribution in [3.63, 3.8) is 0 Å². The van der Waals surface area contributed by atoms with Crippen LogP contribution in [0.25, 0.3) is 0 Å². The van der Waals surface area contributed by atoms with Crippen molar-refractivity contribution < 1.29 is 4.74 Å². The van der Waals surface area contributed by atoms with E-state index in [1.54, 1.807) is 0 Å². The first kappa shape index (κ1) is 13.3. The largest absolute Gasteiger partial charge is 0.457 e. The Morgan fingerprint density at radius 2 is 1.06 bits per heavy atom. The predicted molar refractivity (Wildman–Crippen MR) is 68.2 cm³/mol. The minimum Gasteiger partial charge on any atom is -0.457 e. The number of hydrogen-bond acceptors (Lipinski definition) is 1. The second kappa shape index (κ2) is 6.09. The zero-order chi connectivity index (χ0) is 10.7. The van der Waals surface area contributed by atoms with Crippen LogP contribution in [0.1, 0.15) is 11.1 Å². The average molecular weight is 221 g/mol. The van der Waals surface area contributed by atoms with Crippen LogP contribution in [0.4, 0.5) is 0 Å². The monoisotopic (exact) mass is 221 g/mol. The number of aryl methyl sites for hydroxylation is 2. The molecule has 0 heterocycles. The second-order valence-electron chi connectivity index (χ2n) is 3.63. The van der Waals surface area contributed by atoms with E-state index >= 15 is 0 Å². The maximum absolute atomic E-state index is 5.84. The topological polar surface area (TPSA) is 9.23 Å². The fourth-order valence-electron chi connectivity index (χ4n) is 1.46. The van der Waals surface area contributed by atoms with Gasteiger partial charge in [-0.15, -0.1) is 0 Å². The number of ether oxygens (including phenoxy) is 1. The van der Waals surface area contributed by atoms with Crippen molar-refractivity contribution in [1.29, 1.82) is 0 Å². The van der Waals surface area contributed by atoms with Crippen LogP contribution in [0.2, 0.25) is 0 Å². The van der Waals surface area contributed by atoms with Gasteiger partial charge in [0.1, 0.15) is 11.5 Å². The van der Waals surface area contributed by atoms with Crippen LogP contribution < -0.4 is 4.74 Å². The molecule has 16 heavy (non-hydrogen) atoms. The van der Waals surface area contributed by atoms with Gasteiger partial charge in [-0.2, -0.15) is 0 Å². The zero-order valence-electron chi connectivity index (χ0n) is 10.0. The molecule has 2 rings (SSSR count). The Kier molecular flexibility index (Phi) is 5.07. The van der Waals surface area contributed by atoms with Crippen LogP contribution in [-0.2, 0) is 0 Å². The normalized spacial score (nSPS) is 9.38. The summed E-state index contributed by atoms with van der Waals surface area (Å²) in [4.78, 5) is 0. The molecule has 2 heteroatoms. The average Bonchev–Trinajstić information content (AvgIpc) is 2.24. The molecule has 0 amide bonds. The van der Waals surface area contributed by atoms with Crippen molar-refractivity contribution in [1.82, 2.24) is 0 Å². The van der Waals surface area contributed by atoms with Gasteiger partial charge in [0.15, 0.2) is 0 Å². The van der Waals surface area contributed by atoms with Crippen molar-refractivity contribution in [2.45, 2.75) is 13.8 Å². The van der Waals surface area contributed by atoms with E-state index in [0.717, 1.165) is 22.6 Å². The summed E-state index contributed by atoms with van der Waals surface area (Å²) in [5.41, 5.74) is 2.31. The standard InChI is InChI=1S/C14H14O.Na/c1-11-7-3-5-9-13(11)15-14-10-6-4-8-12(14)2;/h3-10H,1-2H3;. The minimum absolute atomic E-state index is 0. The molecule has 0 saturated carbocycles. The van der Waals surface area contributed by atoms with E-state index in [9.17, 15) is 0 Å². The van der Waals surface area contributed by atoms with E-state index in [1.807, 2.05) is 62.4 Å². The van der Waals surface area contributed by atoms with E-state index in [2.05, 4.69) is 0 Å². The molecule has 0 spiro atoms. The number of para-hydroxylation sites is 2. The van der Waals surface area contributed by atoms with E-state index < -0.39 is 0 Å². The third kappa shape index (κ3) is 3.11. The Morgan fingerprint density at radius 3 is 1.44 bits per heavy atom.